The van der Waals surface area contributed by atoms with Crippen molar-refractivity contribution in [3.63, 3.8) is 0 Å². The molecule has 2 rings (SSSR count). The van der Waals surface area contributed by atoms with Gasteiger partial charge in [-0.15, -0.1) is 0 Å². The smallest absolute Gasteiger partial charge is 0.257 e. The summed E-state index contributed by atoms with van der Waals surface area (Å²) in [6.07, 6.45) is 2.94. The van der Waals surface area contributed by atoms with Crippen LogP contribution in [0.2, 0.25) is 0 Å². The van der Waals surface area contributed by atoms with Gasteiger partial charge in [0.05, 0.1) is 17.2 Å². The number of para-hydroxylation sites is 1. The minimum atomic E-state index is -1.34. The fourth-order valence-electron chi connectivity index (χ4n) is 1.50. The molecule has 1 amide bonds. The first kappa shape index (κ1) is 13.2. The third-order valence-corrected chi connectivity index (χ3v) is 2.80. The number of anilines is 1. The summed E-state index contributed by atoms with van der Waals surface area (Å²) >= 11 is 3.21. The summed E-state index contributed by atoms with van der Waals surface area (Å²) in [4.78, 5) is 26.7. The van der Waals surface area contributed by atoms with Gasteiger partial charge in [-0.1, -0.05) is 18.2 Å². The Kier molecular flexibility index (Phi) is 3.91. The Labute approximate surface area is 117 Å². The van der Waals surface area contributed by atoms with Crippen LogP contribution in [-0.2, 0) is 0 Å². The van der Waals surface area contributed by atoms with E-state index in [1.54, 1.807) is 24.4 Å². The van der Waals surface area contributed by atoms with Crippen LogP contribution >= 0.6 is 15.9 Å². The van der Waals surface area contributed by atoms with Crippen molar-refractivity contribution in [2.24, 2.45) is 0 Å². The monoisotopic (exact) mass is 319 g/mol. The molecule has 0 fully saturated rings. The van der Waals surface area contributed by atoms with Crippen LogP contribution in [0, 0.1) is 0 Å². The van der Waals surface area contributed by atoms with Crippen molar-refractivity contribution in [1.29, 1.82) is 0 Å². The Morgan fingerprint density at radius 3 is 2.63 bits per heavy atom. The summed E-state index contributed by atoms with van der Waals surface area (Å²) in [7, 11) is 0. The lowest BCUT2D eigenvalue weighted by atomic mass is 10.1. The van der Waals surface area contributed by atoms with E-state index in [0.717, 1.165) is 0 Å². The quantitative estimate of drug-likeness (QED) is 0.928. The molecule has 2 aromatic rings. The van der Waals surface area contributed by atoms with Gasteiger partial charge in [0, 0.05) is 22.4 Å². The average Bonchev–Trinajstić information content (AvgIpc) is 2.39. The third-order valence-electron chi connectivity index (χ3n) is 2.36. The van der Waals surface area contributed by atoms with Crippen molar-refractivity contribution < 1.29 is 14.7 Å². The van der Waals surface area contributed by atoms with Gasteiger partial charge in [-0.25, -0.2) is 0 Å². The molecule has 0 atom stereocenters. The average molecular weight is 320 g/mol. The number of benzene rings is 1. The molecule has 0 saturated heterocycles. The lowest BCUT2D eigenvalue weighted by Crippen LogP contribution is -2.24. The topological polar surface area (TPSA) is 82.1 Å². The van der Waals surface area contributed by atoms with Crippen molar-refractivity contribution >= 4 is 33.5 Å². The van der Waals surface area contributed by atoms with Crippen molar-refractivity contribution in [1.82, 2.24) is 4.98 Å². The maximum Gasteiger partial charge on any atom is 0.257 e. The van der Waals surface area contributed by atoms with E-state index in [4.69, 9.17) is 0 Å². The summed E-state index contributed by atoms with van der Waals surface area (Å²) in [5, 5.41) is 13.4. The van der Waals surface area contributed by atoms with Gasteiger partial charge in [-0.2, -0.15) is 0 Å². The first-order valence-electron chi connectivity index (χ1n) is 5.30. The summed E-state index contributed by atoms with van der Waals surface area (Å²) < 4.78 is 0.660. The number of pyridine rings is 1. The SMILES string of the molecule is O=C(Nc1ccccc1C(=O)[O-])c1cncc(Br)c1. The van der Waals surface area contributed by atoms with Gasteiger partial charge in [0.2, 0.25) is 0 Å². The number of carboxylic acids is 1. The second-order valence-corrected chi connectivity index (χ2v) is 4.59. The molecule has 0 radical (unpaired) electrons. The number of aromatic nitrogens is 1. The molecular weight excluding hydrogens is 312 g/mol. The molecule has 0 aliphatic heterocycles. The first-order valence-corrected chi connectivity index (χ1v) is 6.09. The Morgan fingerprint density at radius 1 is 1.21 bits per heavy atom. The molecule has 0 saturated carbocycles. The molecule has 0 bridgehead atoms. The molecule has 5 nitrogen and oxygen atoms in total. The number of hydrogen-bond donors (Lipinski definition) is 1. The number of aromatic carboxylic acids is 1. The van der Waals surface area contributed by atoms with Gasteiger partial charge in [0.1, 0.15) is 0 Å². The zero-order chi connectivity index (χ0) is 13.8. The van der Waals surface area contributed by atoms with Gasteiger partial charge in [0.15, 0.2) is 0 Å². The Bertz CT molecular complexity index is 643. The number of halogens is 1. The number of amides is 1. The van der Waals surface area contributed by atoms with Crippen LogP contribution in [-0.4, -0.2) is 16.9 Å². The van der Waals surface area contributed by atoms with Gasteiger partial charge < -0.3 is 15.2 Å². The Morgan fingerprint density at radius 2 is 1.95 bits per heavy atom. The van der Waals surface area contributed by atoms with E-state index in [9.17, 15) is 14.7 Å². The second kappa shape index (κ2) is 5.62. The van der Waals surface area contributed by atoms with Crippen LogP contribution < -0.4 is 10.4 Å². The normalized spacial score (nSPS) is 9.95. The highest BCUT2D eigenvalue weighted by Gasteiger charge is 2.10. The molecule has 1 heterocycles. The van der Waals surface area contributed by atoms with Gasteiger partial charge >= 0.3 is 0 Å². The number of carboxylic acid groups (broad SMARTS) is 1. The molecule has 19 heavy (non-hydrogen) atoms. The summed E-state index contributed by atoms with van der Waals surface area (Å²) in [6.45, 7) is 0. The lowest BCUT2D eigenvalue weighted by molar-refractivity contribution is -0.254. The predicted molar refractivity (Wildman–Crippen MR) is 70.7 cm³/mol. The fraction of sp³-hybridized carbons (Fsp3) is 0. The highest BCUT2D eigenvalue weighted by Crippen LogP contribution is 2.16. The van der Waals surface area contributed by atoms with Crippen molar-refractivity contribution in [3.05, 3.63) is 58.3 Å². The largest absolute Gasteiger partial charge is 0.545 e. The van der Waals surface area contributed by atoms with E-state index in [-0.39, 0.29) is 11.3 Å². The van der Waals surface area contributed by atoms with E-state index in [0.29, 0.717) is 10.0 Å². The minimum absolute atomic E-state index is 0.0706. The van der Waals surface area contributed by atoms with E-state index in [1.165, 1.54) is 18.3 Å². The van der Waals surface area contributed by atoms with Crippen molar-refractivity contribution in [2.75, 3.05) is 5.32 Å². The minimum Gasteiger partial charge on any atom is -0.545 e. The fourth-order valence-corrected chi connectivity index (χ4v) is 1.87. The summed E-state index contributed by atoms with van der Waals surface area (Å²) in [5.74, 6) is -1.79. The zero-order valence-electron chi connectivity index (χ0n) is 9.59. The molecule has 0 aliphatic rings. The van der Waals surface area contributed by atoms with Gasteiger partial charge in [0.25, 0.3) is 5.91 Å². The van der Waals surface area contributed by atoms with Crippen LogP contribution in [0.15, 0.2) is 47.2 Å². The number of carbonyl (C=O) groups is 2. The van der Waals surface area contributed by atoms with Gasteiger partial charge in [-0.3, -0.25) is 9.78 Å². The third kappa shape index (κ3) is 3.17. The molecule has 0 spiro atoms. The number of hydrogen-bond acceptors (Lipinski definition) is 4. The highest BCUT2D eigenvalue weighted by atomic mass is 79.9. The van der Waals surface area contributed by atoms with E-state index >= 15 is 0 Å². The predicted octanol–water partition coefficient (Wildman–Crippen LogP) is 1.46. The number of rotatable bonds is 3. The standard InChI is InChI=1S/C13H9BrN2O3/c14-9-5-8(6-15-7-9)12(17)16-11-4-2-1-3-10(11)13(18)19/h1-7H,(H,16,17)(H,18,19)/p-1. The summed E-state index contributed by atoms with van der Waals surface area (Å²) in [5.41, 5.74) is 0.439. The number of nitrogens with one attached hydrogen (secondary N) is 1. The van der Waals surface area contributed by atoms with Crippen LogP contribution in [0.3, 0.4) is 0 Å². The van der Waals surface area contributed by atoms with Gasteiger partial charge in [-0.05, 0) is 28.1 Å². The molecule has 1 aromatic carbocycles. The zero-order valence-corrected chi connectivity index (χ0v) is 11.2. The maximum absolute atomic E-state index is 12.0. The van der Waals surface area contributed by atoms with Crippen LogP contribution in [0.5, 0.6) is 0 Å². The highest BCUT2D eigenvalue weighted by molar-refractivity contribution is 9.10. The molecule has 1 N–H and O–H groups in total. The maximum atomic E-state index is 12.0. The Balaban J connectivity index is 2.27. The van der Waals surface area contributed by atoms with Crippen molar-refractivity contribution in [2.45, 2.75) is 0 Å². The summed E-state index contributed by atoms with van der Waals surface area (Å²) in [6, 6.07) is 7.63. The molecule has 6 heteroatoms. The van der Waals surface area contributed by atoms with Crippen molar-refractivity contribution in [3.8, 4) is 0 Å². The molecule has 0 unspecified atom stereocenters. The lowest BCUT2D eigenvalue weighted by Gasteiger charge is -2.11. The number of carbonyl (C=O) groups excluding carboxylic acids is 2. The molecule has 1 aromatic heterocycles. The first-order chi connectivity index (χ1) is 9.08. The van der Waals surface area contributed by atoms with Crippen LogP contribution in [0.1, 0.15) is 20.7 Å². The van der Waals surface area contributed by atoms with Crippen LogP contribution in [0.4, 0.5) is 5.69 Å². The molecule has 96 valence electrons. The Hall–Kier alpha value is -2.21. The van der Waals surface area contributed by atoms with Crippen LogP contribution in [0.25, 0.3) is 0 Å². The van der Waals surface area contributed by atoms with E-state index in [1.807, 2.05) is 0 Å². The van der Waals surface area contributed by atoms with E-state index < -0.39 is 11.9 Å². The van der Waals surface area contributed by atoms with E-state index in [2.05, 4.69) is 26.2 Å². The number of nitrogens with zero attached hydrogens (tertiary/aromatic N) is 1. The molecular formula is C13H8BrN2O3-. The molecule has 0 aliphatic carbocycles. The second-order valence-electron chi connectivity index (χ2n) is 3.68.